The topological polar surface area (TPSA) is 29.3 Å². The number of rotatable bonds is 4. The Morgan fingerprint density at radius 2 is 1.89 bits per heavy atom. The molecule has 1 aliphatic carbocycles. The molecule has 1 saturated heterocycles. The summed E-state index contributed by atoms with van der Waals surface area (Å²) in [6.45, 7) is 4.31. The Labute approximate surface area is 117 Å². The summed E-state index contributed by atoms with van der Waals surface area (Å²) in [6.07, 6.45) is 6.51. The van der Waals surface area contributed by atoms with Gasteiger partial charge in [0.25, 0.3) is 0 Å². The molecule has 1 aliphatic heterocycles. The molecule has 1 heterocycles. The molecule has 2 N–H and O–H groups in total. The van der Waals surface area contributed by atoms with Crippen LogP contribution in [0.3, 0.4) is 0 Å². The molecule has 3 rings (SSSR count). The van der Waals surface area contributed by atoms with E-state index >= 15 is 0 Å². The second-order valence-corrected chi connectivity index (χ2v) is 6.15. The van der Waals surface area contributed by atoms with Gasteiger partial charge in [-0.3, -0.25) is 4.90 Å². The highest BCUT2D eigenvalue weighted by molar-refractivity contribution is 5.26. The van der Waals surface area contributed by atoms with Crippen LogP contribution >= 0.6 is 0 Å². The maximum absolute atomic E-state index is 6.04. The summed E-state index contributed by atoms with van der Waals surface area (Å²) in [7, 11) is 0. The summed E-state index contributed by atoms with van der Waals surface area (Å²) in [5.41, 5.74) is 8.96. The molecule has 0 aromatic heterocycles. The molecular formula is C17H26N2. The van der Waals surface area contributed by atoms with Crippen molar-refractivity contribution in [1.29, 1.82) is 0 Å². The Morgan fingerprint density at radius 1 is 1.16 bits per heavy atom. The number of nitrogens with two attached hydrogens (primary N) is 1. The van der Waals surface area contributed by atoms with E-state index in [9.17, 15) is 0 Å². The van der Waals surface area contributed by atoms with Gasteiger partial charge in [0.05, 0.1) is 0 Å². The third-order valence-electron chi connectivity index (χ3n) is 4.84. The smallest absolute Gasteiger partial charge is 0.0391 e. The van der Waals surface area contributed by atoms with Crippen LogP contribution in [0.2, 0.25) is 0 Å². The van der Waals surface area contributed by atoms with E-state index in [0.717, 1.165) is 19.0 Å². The highest BCUT2D eigenvalue weighted by atomic mass is 15.2. The molecule has 19 heavy (non-hydrogen) atoms. The monoisotopic (exact) mass is 258 g/mol. The van der Waals surface area contributed by atoms with Gasteiger partial charge in [-0.05, 0) is 62.2 Å². The third kappa shape index (κ3) is 2.70. The van der Waals surface area contributed by atoms with Crippen molar-refractivity contribution in [2.75, 3.05) is 13.1 Å². The van der Waals surface area contributed by atoms with Crippen LogP contribution in [0, 0.1) is 5.92 Å². The van der Waals surface area contributed by atoms with Gasteiger partial charge in [0.15, 0.2) is 0 Å². The standard InChI is InChI=1S/C17H26N2/c1-2-13-5-7-14(8-6-13)17-15(12-18)4-3-11-19(17)16-9-10-16/h5-8,15-17H,2-4,9-12,18H2,1H3. The molecule has 0 spiro atoms. The summed E-state index contributed by atoms with van der Waals surface area (Å²) >= 11 is 0. The number of hydrogen-bond donors (Lipinski definition) is 1. The molecule has 2 atom stereocenters. The van der Waals surface area contributed by atoms with E-state index < -0.39 is 0 Å². The molecule has 2 unspecified atom stereocenters. The Morgan fingerprint density at radius 3 is 2.47 bits per heavy atom. The van der Waals surface area contributed by atoms with Crippen LogP contribution in [0.5, 0.6) is 0 Å². The first-order valence-corrected chi connectivity index (χ1v) is 7.88. The lowest BCUT2D eigenvalue weighted by molar-refractivity contribution is 0.0879. The number of aryl methyl sites for hydroxylation is 1. The van der Waals surface area contributed by atoms with Crippen molar-refractivity contribution in [3.63, 3.8) is 0 Å². The van der Waals surface area contributed by atoms with Crippen LogP contribution in [-0.4, -0.2) is 24.0 Å². The van der Waals surface area contributed by atoms with Gasteiger partial charge in [-0.25, -0.2) is 0 Å². The molecule has 104 valence electrons. The Kier molecular flexibility index (Phi) is 3.90. The van der Waals surface area contributed by atoms with Gasteiger partial charge < -0.3 is 5.73 Å². The van der Waals surface area contributed by atoms with Crippen molar-refractivity contribution >= 4 is 0 Å². The highest BCUT2D eigenvalue weighted by Gasteiger charge is 2.39. The van der Waals surface area contributed by atoms with Gasteiger partial charge in [0.1, 0.15) is 0 Å². The van der Waals surface area contributed by atoms with Crippen LogP contribution in [0.15, 0.2) is 24.3 Å². The lowest BCUT2D eigenvalue weighted by Gasteiger charge is -2.41. The second-order valence-electron chi connectivity index (χ2n) is 6.15. The second kappa shape index (κ2) is 5.64. The predicted molar refractivity (Wildman–Crippen MR) is 80.1 cm³/mol. The van der Waals surface area contributed by atoms with E-state index in [1.165, 1.54) is 43.4 Å². The summed E-state index contributed by atoms with van der Waals surface area (Å²) in [5.74, 6) is 0.641. The van der Waals surface area contributed by atoms with Crippen LogP contribution in [0.4, 0.5) is 0 Å². The van der Waals surface area contributed by atoms with Crippen molar-refractivity contribution in [1.82, 2.24) is 4.90 Å². The average Bonchev–Trinajstić information content (AvgIpc) is 3.31. The van der Waals surface area contributed by atoms with Gasteiger partial charge in [-0.2, -0.15) is 0 Å². The van der Waals surface area contributed by atoms with E-state index in [1.807, 2.05) is 0 Å². The fourth-order valence-corrected chi connectivity index (χ4v) is 3.58. The first kappa shape index (κ1) is 13.1. The van der Waals surface area contributed by atoms with Crippen molar-refractivity contribution in [2.45, 2.75) is 51.1 Å². The maximum atomic E-state index is 6.04. The van der Waals surface area contributed by atoms with E-state index in [4.69, 9.17) is 5.73 Å². The van der Waals surface area contributed by atoms with Gasteiger partial charge in [-0.1, -0.05) is 31.2 Å². The number of nitrogens with zero attached hydrogens (tertiary/aromatic N) is 1. The van der Waals surface area contributed by atoms with Crippen molar-refractivity contribution in [2.24, 2.45) is 11.7 Å². The minimum atomic E-state index is 0.567. The molecule has 2 heteroatoms. The number of hydrogen-bond acceptors (Lipinski definition) is 2. The van der Waals surface area contributed by atoms with E-state index in [2.05, 4.69) is 36.1 Å². The third-order valence-corrected chi connectivity index (χ3v) is 4.84. The zero-order chi connectivity index (χ0) is 13.2. The summed E-state index contributed by atoms with van der Waals surface area (Å²) in [6, 6.07) is 10.7. The lowest BCUT2D eigenvalue weighted by Crippen LogP contribution is -2.42. The van der Waals surface area contributed by atoms with Crippen LogP contribution in [-0.2, 0) is 6.42 Å². The molecule has 0 radical (unpaired) electrons. The van der Waals surface area contributed by atoms with Gasteiger partial charge in [-0.15, -0.1) is 0 Å². The largest absolute Gasteiger partial charge is 0.330 e. The average molecular weight is 258 g/mol. The van der Waals surface area contributed by atoms with Crippen LogP contribution < -0.4 is 5.73 Å². The first-order valence-electron chi connectivity index (χ1n) is 7.88. The molecule has 2 fully saturated rings. The Bertz CT molecular complexity index is 408. The van der Waals surface area contributed by atoms with Crippen molar-refractivity contribution in [3.8, 4) is 0 Å². The quantitative estimate of drug-likeness (QED) is 0.899. The zero-order valence-electron chi connectivity index (χ0n) is 12.0. The minimum Gasteiger partial charge on any atom is -0.330 e. The van der Waals surface area contributed by atoms with Gasteiger partial charge >= 0.3 is 0 Å². The van der Waals surface area contributed by atoms with Gasteiger partial charge in [0, 0.05) is 12.1 Å². The zero-order valence-corrected chi connectivity index (χ0v) is 12.0. The number of piperidine rings is 1. The lowest BCUT2D eigenvalue weighted by atomic mass is 9.84. The first-order chi connectivity index (χ1) is 9.33. The fraction of sp³-hybridized carbons (Fsp3) is 0.647. The van der Waals surface area contributed by atoms with Crippen molar-refractivity contribution < 1.29 is 0 Å². The molecule has 1 aromatic carbocycles. The summed E-state index contributed by atoms with van der Waals surface area (Å²) in [5, 5.41) is 0. The molecule has 1 aromatic rings. The molecule has 2 aliphatic rings. The van der Waals surface area contributed by atoms with Crippen LogP contribution in [0.1, 0.15) is 49.8 Å². The maximum Gasteiger partial charge on any atom is 0.0391 e. The number of benzene rings is 1. The number of likely N-dealkylation sites (tertiary alicyclic amines) is 1. The van der Waals surface area contributed by atoms with E-state index in [1.54, 1.807) is 0 Å². The molecule has 1 saturated carbocycles. The van der Waals surface area contributed by atoms with E-state index in [0.29, 0.717) is 12.0 Å². The minimum absolute atomic E-state index is 0.567. The molecule has 2 nitrogen and oxygen atoms in total. The molecular weight excluding hydrogens is 232 g/mol. The Balaban J connectivity index is 1.86. The van der Waals surface area contributed by atoms with Gasteiger partial charge in [0.2, 0.25) is 0 Å². The SMILES string of the molecule is CCc1ccc(C2C(CN)CCCN2C2CC2)cc1. The molecule has 0 bridgehead atoms. The Hall–Kier alpha value is -0.860. The summed E-state index contributed by atoms with van der Waals surface area (Å²) in [4.78, 5) is 2.74. The van der Waals surface area contributed by atoms with Crippen LogP contribution in [0.25, 0.3) is 0 Å². The fourth-order valence-electron chi connectivity index (χ4n) is 3.58. The highest BCUT2D eigenvalue weighted by Crippen LogP contribution is 2.42. The summed E-state index contributed by atoms with van der Waals surface area (Å²) < 4.78 is 0. The molecule has 0 amide bonds. The van der Waals surface area contributed by atoms with Crippen molar-refractivity contribution in [3.05, 3.63) is 35.4 Å². The normalized spacial score (nSPS) is 28.5. The van der Waals surface area contributed by atoms with E-state index in [-0.39, 0.29) is 0 Å². The predicted octanol–water partition coefficient (Wildman–Crippen LogP) is 3.12.